The Kier molecular flexibility index (Phi) is 2.56. The van der Waals surface area contributed by atoms with Crippen LogP contribution in [0.25, 0.3) is 10.8 Å². The molecule has 0 spiro atoms. The van der Waals surface area contributed by atoms with Crippen molar-refractivity contribution in [1.82, 2.24) is 0 Å². The van der Waals surface area contributed by atoms with Gasteiger partial charge in [0.25, 0.3) is 5.91 Å². The lowest BCUT2D eigenvalue weighted by Crippen LogP contribution is -2.30. The van der Waals surface area contributed by atoms with Gasteiger partial charge in [-0.25, -0.2) is 4.90 Å². The maximum Gasteiger partial charge on any atom is 0.252 e. The number of halogens is 1. The largest absolute Gasteiger partial charge is 0.274 e. The summed E-state index contributed by atoms with van der Waals surface area (Å²) >= 11 is 5.84. The minimum absolute atomic E-state index is 0.0730. The van der Waals surface area contributed by atoms with Crippen LogP contribution in [-0.2, 0) is 9.59 Å². The number of hydrogen-bond acceptors (Lipinski definition) is 2. The van der Waals surface area contributed by atoms with E-state index in [9.17, 15) is 9.59 Å². The molecule has 0 aromatic heterocycles. The highest BCUT2D eigenvalue weighted by atomic mass is 35.5. The first-order valence-electron chi connectivity index (χ1n) is 5.67. The van der Waals surface area contributed by atoms with Crippen molar-refractivity contribution in [3.05, 3.63) is 42.5 Å². The number of imide groups is 1. The summed E-state index contributed by atoms with van der Waals surface area (Å²) in [7, 11) is 0. The molecular formula is C14H10ClNO2. The van der Waals surface area contributed by atoms with Crippen LogP contribution in [0, 0.1) is 0 Å². The summed E-state index contributed by atoms with van der Waals surface area (Å²) in [5.41, 5.74) is 0.617. The zero-order chi connectivity index (χ0) is 12.7. The quantitative estimate of drug-likeness (QED) is 0.583. The Balaban J connectivity index is 2.21. The topological polar surface area (TPSA) is 37.4 Å². The second-order valence-corrected chi connectivity index (χ2v) is 4.76. The summed E-state index contributed by atoms with van der Waals surface area (Å²) in [6.45, 7) is 0. The second-order valence-electron chi connectivity index (χ2n) is 4.24. The molecule has 0 aliphatic carbocycles. The van der Waals surface area contributed by atoms with E-state index in [1.165, 1.54) is 4.90 Å². The van der Waals surface area contributed by atoms with Crippen molar-refractivity contribution in [2.24, 2.45) is 0 Å². The fourth-order valence-corrected chi connectivity index (χ4v) is 2.48. The van der Waals surface area contributed by atoms with Gasteiger partial charge in [-0.05, 0) is 11.5 Å². The van der Waals surface area contributed by atoms with Gasteiger partial charge < -0.3 is 0 Å². The lowest BCUT2D eigenvalue weighted by Gasteiger charge is -2.16. The van der Waals surface area contributed by atoms with Crippen LogP contribution < -0.4 is 4.90 Å². The molecule has 1 unspecified atom stereocenters. The molecule has 1 aliphatic heterocycles. The lowest BCUT2D eigenvalue weighted by atomic mass is 10.1. The molecule has 0 saturated carbocycles. The van der Waals surface area contributed by atoms with Crippen molar-refractivity contribution in [1.29, 1.82) is 0 Å². The molecule has 2 aromatic rings. The molecule has 4 heteroatoms. The first kappa shape index (κ1) is 11.2. The third-order valence-corrected chi connectivity index (χ3v) is 3.44. The first-order valence-corrected chi connectivity index (χ1v) is 6.11. The maximum absolute atomic E-state index is 11.9. The van der Waals surface area contributed by atoms with Crippen molar-refractivity contribution in [3.8, 4) is 0 Å². The Bertz CT molecular complexity index is 648. The van der Waals surface area contributed by atoms with Gasteiger partial charge in [-0.2, -0.15) is 0 Å². The van der Waals surface area contributed by atoms with Gasteiger partial charge in [-0.3, -0.25) is 9.59 Å². The molecule has 1 aliphatic rings. The van der Waals surface area contributed by atoms with Crippen LogP contribution in [0.3, 0.4) is 0 Å². The molecule has 18 heavy (non-hydrogen) atoms. The van der Waals surface area contributed by atoms with Gasteiger partial charge in [-0.1, -0.05) is 36.4 Å². The van der Waals surface area contributed by atoms with E-state index in [1.807, 2.05) is 36.4 Å². The highest BCUT2D eigenvalue weighted by Crippen LogP contribution is 2.31. The molecular weight excluding hydrogens is 250 g/mol. The number of fused-ring (bicyclic) bond motifs is 1. The van der Waals surface area contributed by atoms with E-state index in [1.54, 1.807) is 6.07 Å². The summed E-state index contributed by atoms with van der Waals surface area (Å²) in [6, 6.07) is 13.2. The number of alkyl halides is 1. The molecule has 3 rings (SSSR count). The molecule has 1 saturated heterocycles. The summed E-state index contributed by atoms with van der Waals surface area (Å²) in [5, 5.41) is 1.14. The third kappa shape index (κ3) is 1.59. The summed E-state index contributed by atoms with van der Waals surface area (Å²) in [5.74, 6) is -0.575. The van der Waals surface area contributed by atoms with Gasteiger partial charge >= 0.3 is 0 Å². The highest BCUT2D eigenvalue weighted by molar-refractivity contribution is 6.41. The zero-order valence-electron chi connectivity index (χ0n) is 9.47. The lowest BCUT2D eigenvalue weighted by molar-refractivity contribution is -0.121. The monoisotopic (exact) mass is 259 g/mol. The summed E-state index contributed by atoms with van der Waals surface area (Å²) < 4.78 is 0. The van der Waals surface area contributed by atoms with Crippen LogP contribution in [0.1, 0.15) is 6.42 Å². The van der Waals surface area contributed by atoms with Crippen LogP contribution in [0.2, 0.25) is 0 Å². The van der Waals surface area contributed by atoms with Crippen LogP contribution in [0.5, 0.6) is 0 Å². The molecule has 1 heterocycles. The van der Waals surface area contributed by atoms with Crippen molar-refractivity contribution < 1.29 is 9.59 Å². The van der Waals surface area contributed by atoms with Crippen molar-refractivity contribution >= 4 is 39.9 Å². The fourth-order valence-electron chi connectivity index (χ4n) is 2.25. The number of carbonyl (C=O) groups is 2. The van der Waals surface area contributed by atoms with Crippen LogP contribution in [0.15, 0.2) is 42.5 Å². The minimum atomic E-state index is -0.739. The molecule has 90 valence electrons. The number of hydrogen-bond donors (Lipinski definition) is 0. The van der Waals surface area contributed by atoms with Crippen molar-refractivity contribution in [2.45, 2.75) is 11.8 Å². The molecule has 0 bridgehead atoms. The van der Waals surface area contributed by atoms with Gasteiger partial charge in [0.15, 0.2) is 0 Å². The van der Waals surface area contributed by atoms with Crippen LogP contribution in [0.4, 0.5) is 5.69 Å². The van der Waals surface area contributed by atoms with Gasteiger partial charge in [0.05, 0.1) is 12.1 Å². The highest BCUT2D eigenvalue weighted by Gasteiger charge is 2.38. The van der Waals surface area contributed by atoms with Gasteiger partial charge in [0.2, 0.25) is 5.91 Å². The normalized spacial score (nSPS) is 19.8. The van der Waals surface area contributed by atoms with Gasteiger partial charge in [0, 0.05) is 5.39 Å². The smallest absolute Gasteiger partial charge is 0.252 e. The van der Waals surface area contributed by atoms with E-state index < -0.39 is 5.38 Å². The maximum atomic E-state index is 11.9. The SMILES string of the molecule is O=C1CC(Cl)C(=O)N1c1cccc2ccccc12. The Labute approximate surface area is 109 Å². The average molecular weight is 260 g/mol. The third-order valence-electron chi connectivity index (χ3n) is 3.10. The number of carbonyl (C=O) groups excluding carboxylic acids is 2. The van der Waals surface area contributed by atoms with Crippen molar-refractivity contribution in [2.75, 3.05) is 4.90 Å². The minimum Gasteiger partial charge on any atom is -0.274 e. The standard InChI is InChI=1S/C14H10ClNO2/c15-11-8-13(17)16(14(11)18)12-7-3-5-9-4-1-2-6-10(9)12/h1-7,11H,8H2. The zero-order valence-corrected chi connectivity index (χ0v) is 10.2. The fraction of sp³-hybridized carbons (Fsp3) is 0.143. The van der Waals surface area contributed by atoms with Crippen LogP contribution >= 0.6 is 11.6 Å². The molecule has 2 aromatic carbocycles. The average Bonchev–Trinajstić information content (AvgIpc) is 2.63. The molecule has 0 radical (unpaired) electrons. The predicted molar refractivity (Wildman–Crippen MR) is 70.7 cm³/mol. The molecule has 1 fully saturated rings. The van der Waals surface area contributed by atoms with E-state index in [0.29, 0.717) is 5.69 Å². The Morgan fingerprint density at radius 2 is 1.78 bits per heavy atom. The van der Waals surface area contributed by atoms with Crippen LogP contribution in [-0.4, -0.2) is 17.2 Å². The van der Waals surface area contributed by atoms with E-state index >= 15 is 0 Å². The molecule has 3 nitrogen and oxygen atoms in total. The van der Waals surface area contributed by atoms with E-state index in [0.717, 1.165) is 10.8 Å². The first-order chi connectivity index (χ1) is 8.68. The Morgan fingerprint density at radius 3 is 2.50 bits per heavy atom. The van der Waals surface area contributed by atoms with Gasteiger partial charge in [-0.15, -0.1) is 11.6 Å². The second kappa shape index (κ2) is 4.10. The van der Waals surface area contributed by atoms with E-state index in [-0.39, 0.29) is 18.2 Å². The number of benzene rings is 2. The molecule has 1 atom stereocenters. The summed E-state index contributed by atoms with van der Waals surface area (Å²) in [4.78, 5) is 25.0. The number of nitrogens with zero attached hydrogens (tertiary/aromatic N) is 1. The number of amides is 2. The predicted octanol–water partition coefficient (Wildman–Crippen LogP) is 2.71. The number of rotatable bonds is 1. The summed E-state index contributed by atoms with van der Waals surface area (Å²) in [6.07, 6.45) is 0.0730. The Hall–Kier alpha value is -1.87. The molecule has 0 N–H and O–H groups in total. The number of anilines is 1. The molecule has 2 amide bonds. The van der Waals surface area contributed by atoms with Crippen molar-refractivity contribution in [3.63, 3.8) is 0 Å². The van der Waals surface area contributed by atoms with E-state index in [4.69, 9.17) is 11.6 Å². The Morgan fingerprint density at radius 1 is 1.06 bits per heavy atom. The van der Waals surface area contributed by atoms with E-state index in [2.05, 4.69) is 0 Å². The van der Waals surface area contributed by atoms with Gasteiger partial charge in [0.1, 0.15) is 5.38 Å².